The fourth-order valence-electron chi connectivity index (χ4n) is 2.05. The van der Waals surface area contributed by atoms with E-state index in [0.29, 0.717) is 5.56 Å². The number of hydrogen-bond acceptors (Lipinski definition) is 3. The summed E-state index contributed by atoms with van der Waals surface area (Å²) in [6, 6.07) is 24.6. The molecule has 0 heterocycles. The van der Waals surface area contributed by atoms with Crippen molar-refractivity contribution in [2.24, 2.45) is 5.14 Å². The van der Waals surface area contributed by atoms with Gasteiger partial charge < -0.3 is 5.11 Å². The zero-order chi connectivity index (χ0) is 18.3. The average molecular weight is 355 g/mol. The third kappa shape index (κ3) is 5.56. The first kappa shape index (κ1) is 18.4. The number of aromatic carboxylic acids is 1. The van der Waals surface area contributed by atoms with Gasteiger partial charge in [-0.15, -0.1) is 0 Å². The number of primary sulfonamides is 1. The van der Waals surface area contributed by atoms with Crippen LogP contribution in [-0.4, -0.2) is 19.5 Å². The predicted octanol–water partition coefficient (Wildman–Crippen LogP) is 3.39. The molecule has 0 atom stereocenters. The van der Waals surface area contributed by atoms with E-state index in [1.54, 1.807) is 30.3 Å². The SMILES string of the molecule is NS(=O)(=O)c1ccccc1.O=C(O)c1ccc(-c2ccccc2)cc1. The normalized spacial score (nSPS) is 10.4. The first-order chi connectivity index (χ1) is 11.9. The highest BCUT2D eigenvalue weighted by atomic mass is 32.2. The molecule has 0 bridgehead atoms. The Morgan fingerprint density at radius 1 is 0.720 bits per heavy atom. The van der Waals surface area contributed by atoms with E-state index >= 15 is 0 Å². The molecule has 0 spiro atoms. The first-order valence-electron chi connectivity index (χ1n) is 7.34. The van der Waals surface area contributed by atoms with E-state index in [0.717, 1.165) is 11.1 Å². The smallest absolute Gasteiger partial charge is 0.335 e. The molecular formula is C19H17NO4S. The van der Waals surface area contributed by atoms with Crippen LogP contribution in [0.2, 0.25) is 0 Å². The molecule has 3 aromatic rings. The zero-order valence-corrected chi connectivity index (χ0v) is 14.1. The van der Waals surface area contributed by atoms with Gasteiger partial charge in [-0.3, -0.25) is 0 Å². The molecule has 0 radical (unpaired) electrons. The lowest BCUT2D eigenvalue weighted by molar-refractivity contribution is 0.0697. The van der Waals surface area contributed by atoms with Crippen LogP contribution >= 0.6 is 0 Å². The molecular weight excluding hydrogens is 338 g/mol. The fourth-order valence-corrected chi connectivity index (χ4v) is 2.58. The van der Waals surface area contributed by atoms with E-state index in [2.05, 4.69) is 0 Å². The number of nitrogens with two attached hydrogens (primary N) is 1. The second-order valence-corrected chi connectivity index (χ2v) is 6.67. The number of sulfonamides is 1. The summed E-state index contributed by atoms with van der Waals surface area (Å²) in [6.07, 6.45) is 0. The summed E-state index contributed by atoms with van der Waals surface area (Å²) in [5.41, 5.74) is 2.43. The van der Waals surface area contributed by atoms with Crippen molar-refractivity contribution in [1.82, 2.24) is 0 Å². The maximum Gasteiger partial charge on any atom is 0.335 e. The zero-order valence-electron chi connectivity index (χ0n) is 13.2. The van der Waals surface area contributed by atoms with Gasteiger partial charge in [0.15, 0.2) is 0 Å². The van der Waals surface area contributed by atoms with Crippen LogP contribution in [0.1, 0.15) is 10.4 Å². The Hall–Kier alpha value is -2.96. The van der Waals surface area contributed by atoms with Crippen LogP contribution in [0.25, 0.3) is 11.1 Å². The van der Waals surface area contributed by atoms with Gasteiger partial charge in [0, 0.05) is 0 Å². The molecule has 5 nitrogen and oxygen atoms in total. The minimum Gasteiger partial charge on any atom is -0.478 e. The van der Waals surface area contributed by atoms with Crippen LogP contribution in [0.15, 0.2) is 89.8 Å². The van der Waals surface area contributed by atoms with E-state index in [-0.39, 0.29) is 4.90 Å². The van der Waals surface area contributed by atoms with Crippen molar-refractivity contribution < 1.29 is 18.3 Å². The summed E-state index contributed by atoms with van der Waals surface area (Å²) in [5.74, 6) is -0.894. The van der Waals surface area contributed by atoms with Crippen molar-refractivity contribution in [3.8, 4) is 11.1 Å². The van der Waals surface area contributed by atoms with Gasteiger partial charge in [0.2, 0.25) is 10.0 Å². The summed E-state index contributed by atoms with van der Waals surface area (Å²) >= 11 is 0. The third-order valence-electron chi connectivity index (χ3n) is 3.31. The molecule has 0 saturated carbocycles. The van der Waals surface area contributed by atoms with Crippen molar-refractivity contribution in [1.29, 1.82) is 0 Å². The lowest BCUT2D eigenvalue weighted by Crippen LogP contribution is -2.11. The number of hydrogen-bond donors (Lipinski definition) is 2. The van der Waals surface area contributed by atoms with Gasteiger partial charge in [-0.2, -0.15) is 0 Å². The Balaban J connectivity index is 0.000000196. The molecule has 0 aliphatic carbocycles. The second-order valence-electron chi connectivity index (χ2n) is 5.11. The summed E-state index contributed by atoms with van der Waals surface area (Å²) in [4.78, 5) is 10.8. The quantitative estimate of drug-likeness (QED) is 0.752. The molecule has 3 N–H and O–H groups in total. The maximum atomic E-state index is 10.6. The van der Waals surface area contributed by atoms with Crippen molar-refractivity contribution in [2.45, 2.75) is 4.90 Å². The van der Waals surface area contributed by atoms with E-state index in [4.69, 9.17) is 10.2 Å². The predicted molar refractivity (Wildman–Crippen MR) is 96.7 cm³/mol. The van der Waals surface area contributed by atoms with Crippen molar-refractivity contribution >= 4 is 16.0 Å². The van der Waals surface area contributed by atoms with Crippen molar-refractivity contribution in [3.63, 3.8) is 0 Å². The van der Waals surface area contributed by atoms with Gasteiger partial charge in [0.1, 0.15) is 0 Å². The molecule has 6 heteroatoms. The Kier molecular flexibility index (Phi) is 6.05. The Bertz CT molecular complexity index is 922. The van der Waals surface area contributed by atoms with Gasteiger partial charge in [0.05, 0.1) is 10.5 Å². The minimum absolute atomic E-state index is 0.148. The number of carbonyl (C=O) groups is 1. The average Bonchev–Trinajstić information content (AvgIpc) is 2.63. The highest BCUT2D eigenvalue weighted by Crippen LogP contribution is 2.19. The molecule has 0 unspecified atom stereocenters. The molecule has 0 aliphatic heterocycles. The van der Waals surface area contributed by atoms with E-state index < -0.39 is 16.0 Å². The molecule has 128 valence electrons. The molecule has 3 aromatic carbocycles. The molecule has 0 amide bonds. The van der Waals surface area contributed by atoms with Crippen LogP contribution in [0.5, 0.6) is 0 Å². The molecule has 0 fully saturated rings. The number of carboxylic acids is 1. The Labute approximate surface area is 146 Å². The summed E-state index contributed by atoms with van der Waals surface area (Å²) < 4.78 is 21.2. The molecule has 0 saturated heterocycles. The van der Waals surface area contributed by atoms with Crippen LogP contribution in [0.3, 0.4) is 0 Å². The van der Waals surface area contributed by atoms with Gasteiger partial charge in [-0.1, -0.05) is 60.7 Å². The monoisotopic (exact) mass is 355 g/mol. The van der Waals surface area contributed by atoms with Crippen LogP contribution < -0.4 is 5.14 Å². The van der Waals surface area contributed by atoms with Crippen molar-refractivity contribution in [3.05, 3.63) is 90.5 Å². The molecule has 0 aliphatic rings. The third-order valence-corrected chi connectivity index (χ3v) is 4.24. The molecule has 0 aromatic heterocycles. The number of carboxylic acid groups (broad SMARTS) is 1. The fraction of sp³-hybridized carbons (Fsp3) is 0. The lowest BCUT2D eigenvalue weighted by atomic mass is 10.0. The summed E-state index contributed by atoms with van der Waals surface area (Å²) in [5, 5.41) is 13.6. The number of benzene rings is 3. The van der Waals surface area contributed by atoms with Gasteiger partial charge in [0.25, 0.3) is 0 Å². The highest BCUT2D eigenvalue weighted by molar-refractivity contribution is 7.89. The largest absolute Gasteiger partial charge is 0.478 e. The van der Waals surface area contributed by atoms with E-state index in [1.807, 2.05) is 42.5 Å². The lowest BCUT2D eigenvalue weighted by Gasteiger charge is -2.01. The second kappa shape index (κ2) is 8.23. The van der Waals surface area contributed by atoms with Crippen LogP contribution in [0, 0.1) is 0 Å². The Morgan fingerprint density at radius 3 is 1.56 bits per heavy atom. The van der Waals surface area contributed by atoms with Crippen LogP contribution in [-0.2, 0) is 10.0 Å². The molecule has 3 rings (SSSR count). The van der Waals surface area contributed by atoms with Gasteiger partial charge in [-0.25, -0.2) is 18.4 Å². The Morgan fingerprint density at radius 2 is 1.16 bits per heavy atom. The minimum atomic E-state index is -3.50. The van der Waals surface area contributed by atoms with E-state index in [1.165, 1.54) is 12.1 Å². The maximum absolute atomic E-state index is 10.6. The topological polar surface area (TPSA) is 97.5 Å². The van der Waals surface area contributed by atoms with Crippen LogP contribution in [0.4, 0.5) is 0 Å². The van der Waals surface area contributed by atoms with Crippen molar-refractivity contribution in [2.75, 3.05) is 0 Å². The highest BCUT2D eigenvalue weighted by Gasteiger charge is 2.04. The van der Waals surface area contributed by atoms with Gasteiger partial charge >= 0.3 is 5.97 Å². The molecule has 25 heavy (non-hydrogen) atoms. The number of rotatable bonds is 3. The first-order valence-corrected chi connectivity index (χ1v) is 8.89. The van der Waals surface area contributed by atoms with Gasteiger partial charge in [-0.05, 0) is 35.4 Å². The standard InChI is InChI=1S/C13H10O2.C6H7NO2S/c14-13(15)12-8-6-11(7-9-12)10-4-2-1-3-5-10;7-10(8,9)6-4-2-1-3-5-6/h1-9H,(H,14,15);1-5H,(H2,7,8,9). The summed E-state index contributed by atoms with van der Waals surface area (Å²) in [7, 11) is -3.50. The summed E-state index contributed by atoms with van der Waals surface area (Å²) in [6.45, 7) is 0. The van der Waals surface area contributed by atoms with E-state index in [9.17, 15) is 13.2 Å².